The molecule has 0 saturated heterocycles. The summed E-state index contributed by atoms with van der Waals surface area (Å²) in [5.74, 6) is 0.236. The maximum absolute atomic E-state index is 9.90. The summed E-state index contributed by atoms with van der Waals surface area (Å²) in [6, 6.07) is 13.0. The summed E-state index contributed by atoms with van der Waals surface area (Å²) in [7, 11) is 0. The number of halogens is 1. The predicted octanol–water partition coefficient (Wildman–Crippen LogP) is 4.06. The summed E-state index contributed by atoms with van der Waals surface area (Å²) >= 11 is 6.23. The van der Waals surface area contributed by atoms with Crippen LogP contribution in [0.4, 0.5) is 0 Å². The Hall–Kier alpha value is -2.59. The lowest BCUT2D eigenvalue weighted by Gasteiger charge is -2.06. The van der Waals surface area contributed by atoms with Gasteiger partial charge in [0, 0.05) is 28.4 Å². The van der Waals surface area contributed by atoms with Crippen LogP contribution in [-0.4, -0.2) is 20.3 Å². The number of pyridine rings is 1. The largest absolute Gasteiger partial charge is 0.507 e. The zero-order valence-corrected chi connectivity index (χ0v) is 12.3. The fourth-order valence-corrected chi connectivity index (χ4v) is 2.90. The molecule has 0 aliphatic heterocycles. The summed E-state index contributed by atoms with van der Waals surface area (Å²) < 4.78 is 0. The number of fused-ring (bicyclic) bond motifs is 2. The van der Waals surface area contributed by atoms with Gasteiger partial charge in [-0.05, 0) is 35.9 Å². The minimum atomic E-state index is 0.236. The molecule has 2 aromatic heterocycles. The highest BCUT2D eigenvalue weighted by Crippen LogP contribution is 2.32. The molecule has 4 rings (SSSR count). The molecule has 0 spiro atoms. The van der Waals surface area contributed by atoms with Crippen LogP contribution in [0.3, 0.4) is 0 Å². The van der Waals surface area contributed by atoms with Crippen LogP contribution in [0.5, 0.6) is 5.75 Å². The van der Waals surface area contributed by atoms with Crippen molar-refractivity contribution in [2.24, 2.45) is 0 Å². The summed E-state index contributed by atoms with van der Waals surface area (Å²) in [6.07, 6.45) is 2.44. The standard InChI is InChI=1S/C17H12ClN3O/c18-13-5-6-16(22)11-4-3-10(8-12(11)13)9-15-17-14(20-21-15)2-1-7-19-17/h1-8,22H,9H2,(H,20,21). The number of aromatic hydroxyl groups is 1. The molecule has 2 N–H and O–H groups in total. The van der Waals surface area contributed by atoms with E-state index in [0.717, 1.165) is 33.1 Å². The van der Waals surface area contributed by atoms with E-state index in [2.05, 4.69) is 15.2 Å². The average Bonchev–Trinajstić information content (AvgIpc) is 2.94. The molecule has 0 radical (unpaired) electrons. The van der Waals surface area contributed by atoms with Crippen LogP contribution in [0.1, 0.15) is 11.3 Å². The van der Waals surface area contributed by atoms with Crippen molar-refractivity contribution in [2.75, 3.05) is 0 Å². The molecule has 0 bridgehead atoms. The van der Waals surface area contributed by atoms with Crippen LogP contribution in [-0.2, 0) is 6.42 Å². The zero-order valence-electron chi connectivity index (χ0n) is 11.5. The maximum Gasteiger partial charge on any atom is 0.123 e. The monoisotopic (exact) mass is 309 g/mol. The van der Waals surface area contributed by atoms with Crippen LogP contribution in [0.25, 0.3) is 21.8 Å². The molecule has 5 heteroatoms. The van der Waals surface area contributed by atoms with Gasteiger partial charge >= 0.3 is 0 Å². The first-order chi connectivity index (χ1) is 10.7. The number of phenols is 1. The van der Waals surface area contributed by atoms with E-state index in [1.165, 1.54) is 0 Å². The summed E-state index contributed by atoms with van der Waals surface area (Å²) in [5.41, 5.74) is 3.78. The van der Waals surface area contributed by atoms with Gasteiger partial charge in [-0.15, -0.1) is 0 Å². The van der Waals surface area contributed by atoms with E-state index >= 15 is 0 Å². The second-order valence-corrected chi connectivity index (χ2v) is 5.60. The quantitative estimate of drug-likeness (QED) is 0.587. The number of rotatable bonds is 2. The fourth-order valence-electron chi connectivity index (χ4n) is 2.68. The van der Waals surface area contributed by atoms with Crippen molar-refractivity contribution in [3.63, 3.8) is 0 Å². The number of hydrogen-bond acceptors (Lipinski definition) is 3. The number of phenolic OH excluding ortho intramolecular Hbond substituents is 1. The van der Waals surface area contributed by atoms with Gasteiger partial charge in [0.05, 0.1) is 5.69 Å². The van der Waals surface area contributed by atoms with Crippen molar-refractivity contribution in [3.05, 3.63) is 64.9 Å². The molecule has 0 aliphatic rings. The third kappa shape index (κ3) is 2.09. The lowest BCUT2D eigenvalue weighted by molar-refractivity contribution is 0.481. The Bertz CT molecular complexity index is 994. The Morgan fingerprint density at radius 2 is 2.00 bits per heavy atom. The van der Waals surface area contributed by atoms with Crippen molar-refractivity contribution in [1.29, 1.82) is 0 Å². The van der Waals surface area contributed by atoms with E-state index in [9.17, 15) is 5.11 Å². The van der Waals surface area contributed by atoms with Crippen LogP contribution >= 0.6 is 11.6 Å². The van der Waals surface area contributed by atoms with Gasteiger partial charge < -0.3 is 5.11 Å². The number of aromatic nitrogens is 3. The first kappa shape index (κ1) is 13.1. The lowest BCUT2D eigenvalue weighted by atomic mass is 10.0. The summed E-state index contributed by atoms with van der Waals surface area (Å²) in [5, 5.41) is 19.4. The smallest absolute Gasteiger partial charge is 0.123 e. The SMILES string of the molecule is Oc1ccc(Cl)c2cc(Cc3[nH]nc4cccnc34)ccc12. The normalized spacial score (nSPS) is 11.3. The van der Waals surface area contributed by atoms with Gasteiger partial charge in [-0.25, -0.2) is 0 Å². The van der Waals surface area contributed by atoms with E-state index in [1.54, 1.807) is 18.3 Å². The topological polar surface area (TPSA) is 61.8 Å². The Labute approximate surface area is 131 Å². The van der Waals surface area contributed by atoms with Crippen molar-refractivity contribution in [3.8, 4) is 5.75 Å². The second-order valence-electron chi connectivity index (χ2n) is 5.20. The Kier molecular flexibility index (Phi) is 2.98. The van der Waals surface area contributed by atoms with Gasteiger partial charge in [0.25, 0.3) is 0 Å². The molecule has 0 unspecified atom stereocenters. The van der Waals surface area contributed by atoms with Gasteiger partial charge in [-0.1, -0.05) is 23.7 Å². The zero-order chi connectivity index (χ0) is 15.1. The van der Waals surface area contributed by atoms with Crippen LogP contribution in [0.2, 0.25) is 5.02 Å². The minimum absolute atomic E-state index is 0.236. The molecule has 22 heavy (non-hydrogen) atoms. The van der Waals surface area contributed by atoms with E-state index in [4.69, 9.17) is 11.6 Å². The Morgan fingerprint density at radius 1 is 1.09 bits per heavy atom. The highest BCUT2D eigenvalue weighted by atomic mass is 35.5. The van der Waals surface area contributed by atoms with E-state index in [0.29, 0.717) is 11.4 Å². The van der Waals surface area contributed by atoms with Crippen molar-refractivity contribution >= 4 is 33.4 Å². The molecule has 108 valence electrons. The molecule has 2 aromatic carbocycles. The van der Waals surface area contributed by atoms with Crippen molar-refractivity contribution in [2.45, 2.75) is 6.42 Å². The van der Waals surface area contributed by atoms with Gasteiger partial charge in [-0.2, -0.15) is 5.10 Å². The van der Waals surface area contributed by atoms with Gasteiger partial charge in [0.15, 0.2) is 0 Å². The third-order valence-corrected chi connectivity index (χ3v) is 4.10. The molecular weight excluding hydrogens is 298 g/mol. The van der Waals surface area contributed by atoms with Crippen LogP contribution in [0.15, 0.2) is 48.7 Å². The summed E-state index contributed by atoms with van der Waals surface area (Å²) in [4.78, 5) is 4.37. The van der Waals surface area contributed by atoms with Crippen molar-refractivity contribution in [1.82, 2.24) is 15.2 Å². The molecular formula is C17H12ClN3O. The molecule has 0 atom stereocenters. The second kappa shape index (κ2) is 5.00. The Balaban J connectivity index is 1.80. The van der Waals surface area contributed by atoms with Crippen molar-refractivity contribution < 1.29 is 5.11 Å². The number of nitrogens with one attached hydrogen (secondary N) is 1. The third-order valence-electron chi connectivity index (χ3n) is 3.77. The molecule has 4 nitrogen and oxygen atoms in total. The van der Waals surface area contributed by atoms with Gasteiger partial charge in [-0.3, -0.25) is 10.1 Å². The van der Waals surface area contributed by atoms with Crippen LogP contribution in [0, 0.1) is 0 Å². The van der Waals surface area contributed by atoms with E-state index < -0.39 is 0 Å². The Morgan fingerprint density at radius 3 is 2.91 bits per heavy atom. The predicted molar refractivity (Wildman–Crippen MR) is 87.3 cm³/mol. The minimum Gasteiger partial charge on any atom is -0.507 e. The lowest BCUT2D eigenvalue weighted by Crippen LogP contribution is -1.91. The molecule has 0 amide bonds. The number of aromatic amines is 1. The van der Waals surface area contributed by atoms with Gasteiger partial charge in [0.2, 0.25) is 0 Å². The molecule has 0 fully saturated rings. The highest BCUT2D eigenvalue weighted by molar-refractivity contribution is 6.35. The van der Waals surface area contributed by atoms with E-state index in [-0.39, 0.29) is 5.75 Å². The maximum atomic E-state index is 9.90. The van der Waals surface area contributed by atoms with E-state index in [1.807, 2.05) is 30.3 Å². The first-order valence-corrected chi connectivity index (χ1v) is 7.28. The molecule has 0 aliphatic carbocycles. The number of benzene rings is 2. The number of hydrogen-bond donors (Lipinski definition) is 2. The average molecular weight is 310 g/mol. The first-order valence-electron chi connectivity index (χ1n) is 6.90. The molecule has 0 saturated carbocycles. The molecule has 4 aromatic rings. The summed E-state index contributed by atoms with van der Waals surface area (Å²) in [6.45, 7) is 0. The molecule has 2 heterocycles. The number of H-pyrrole nitrogens is 1. The fraction of sp³-hybridized carbons (Fsp3) is 0.0588. The van der Waals surface area contributed by atoms with Crippen LogP contribution < -0.4 is 0 Å². The van der Waals surface area contributed by atoms with Gasteiger partial charge in [0.1, 0.15) is 16.8 Å². The highest BCUT2D eigenvalue weighted by Gasteiger charge is 2.09. The number of nitrogens with zero attached hydrogens (tertiary/aromatic N) is 2.